The van der Waals surface area contributed by atoms with Gasteiger partial charge in [-0.15, -0.1) is 0 Å². The van der Waals surface area contributed by atoms with Crippen molar-refractivity contribution in [2.45, 2.75) is 32.3 Å². The molecule has 4 rings (SSSR count). The normalized spacial score (nSPS) is 19.8. The zero-order valence-corrected chi connectivity index (χ0v) is 19.8. The zero-order valence-electron chi connectivity index (χ0n) is 19.0. The molecule has 1 heterocycles. The minimum absolute atomic E-state index is 0.111. The average molecular weight is 472 g/mol. The summed E-state index contributed by atoms with van der Waals surface area (Å²) < 4.78 is 6.02. The number of fused-ring (bicyclic) bond motifs is 1. The number of rotatable bonds is 10. The predicted octanol–water partition coefficient (Wildman–Crippen LogP) is 3.15. The van der Waals surface area contributed by atoms with E-state index in [2.05, 4.69) is 18.7 Å². The fourth-order valence-corrected chi connectivity index (χ4v) is 4.70. The van der Waals surface area contributed by atoms with Gasteiger partial charge in [0.05, 0.1) is 17.3 Å². The third-order valence-corrected chi connectivity index (χ3v) is 6.84. The number of benzene rings is 2. The van der Waals surface area contributed by atoms with Crippen LogP contribution in [0.15, 0.2) is 36.4 Å². The third kappa shape index (κ3) is 4.33. The zero-order chi connectivity index (χ0) is 23.8. The SMILES string of the molecule is CCN(CC)CCN1C(=O)C(O)(c2ccccc2OCC2CC2)c2c(Cl)cc(C(N)=O)cc21. The van der Waals surface area contributed by atoms with Gasteiger partial charge in [0, 0.05) is 29.8 Å². The van der Waals surface area contributed by atoms with Crippen LogP contribution in [0.2, 0.25) is 5.02 Å². The molecule has 1 saturated carbocycles. The monoisotopic (exact) mass is 471 g/mol. The van der Waals surface area contributed by atoms with E-state index in [1.165, 1.54) is 17.0 Å². The van der Waals surface area contributed by atoms with Gasteiger partial charge in [0.25, 0.3) is 5.91 Å². The Labute approximate surface area is 199 Å². The van der Waals surface area contributed by atoms with Crippen LogP contribution in [0.3, 0.4) is 0 Å². The van der Waals surface area contributed by atoms with Crippen molar-refractivity contribution in [3.8, 4) is 5.75 Å². The lowest BCUT2D eigenvalue weighted by Gasteiger charge is -2.27. The first kappa shape index (κ1) is 23.5. The summed E-state index contributed by atoms with van der Waals surface area (Å²) in [6.45, 7) is 7.23. The Morgan fingerprint density at radius 2 is 1.97 bits per heavy atom. The first-order chi connectivity index (χ1) is 15.8. The quantitative estimate of drug-likeness (QED) is 0.555. The molecule has 3 N–H and O–H groups in total. The fourth-order valence-electron chi connectivity index (χ4n) is 4.35. The summed E-state index contributed by atoms with van der Waals surface area (Å²) in [5.41, 5.74) is 4.64. The maximum atomic E-state index is 13.8. The second-order valence-corrected chi connectivity index (χ2v) is 9.07. The number of primary amides is 1. The summed E-state index contributed by atoms with van der Waals surface area (Å²) in [6.07, 6.45) is 2.24. The molecule has 1 atom stereocenters. The van der Waals surface area contributed by atoms with Crippen molar-refractivity contribution in [2.24, 2.45) is 11.7 Å². The number of halogens is 1. The van der Waals surface area contributed by atoms with Gasteiger partial charge in [-0.1, -0.05) is 43.6 Å². The molecule has 2 aliphatic rings. The summed E-state index contributed by atoms with van der Waals surface area (Å²) in [6, 6.07) is 9.96. The number of hydrogen-bond donors (Lipinski definition) is 2. The van der Waals surface area contributed by atoms with E-state index in [-0.39, 0.29) is 16.1 Å². The Bertz CT molecular complexity index is 1070. The molecule has 1 aliphatic heterocycles. The first-order valence-electron chi connectivity index (χ1n) is 11.4. The molecule has 0 bridgehead atoms. The molecule has 176 valence electrons. The molecule has 0 radical (unpaired) electrons. The maximum absolute atomic E-state index is 13.8. The van der Waals surface area contributed by atoms with Crippen molar-refractivity contribution >= 4 is 29.1 Å². The van der Waals surface area contributed by atoms with E-state index in [0.717, 1.165) is 25.9 Å². The Hall–Kier alpha value is -2.61. The summed E-state index contributed by atoms with van der Waals surface area (Å²) in [5, 5.41) is 12.1. The first-order valence-corrected chi connectivity index (χ1v) is 11.8. The van der Waals surface area contributed by atoms with Crippen LogP contribution in [0.25, 0.3) is 0 Å². The molecule has 8 heteroatoms. The van der Waals surface area contributed by atoms with Gasteiger partial charge in [-0.25, -0.2) is 0 Å². The lowest BCUT2D eigenvalue weighted by atomic mass is 9.86. The number of hydrogen-bond acceptors (Lipinski definition) is 5. The lowest BCUT2D eigenvalue weighted by Crippen LogP contribution is -2.44. The molecule has 0 aromatic heterocycles. The Morgan fingerprint density at radius 3 is 2.61 bits per heavy atom. The highest BCUT2D eigenvalue weighted by atomic mass is 35.5. The number of para-hydroxylation sites is 1. The molecule has 7 nitrogen and oxygen atoms in total. The van der Waals surface area contributed by atoms with E-state index in [4.69, 9.17) is 22.1 Å². The van der Waals surface area contributed by atoms with Crippen molar-refractivity contribution < 1.29 is 19.4 Å². The Balaban J connectivity index is 1.81. The third-order valence-electron chi connectivity index (χ3n) is 6.54. The number of nitrogens with two attached hydrogens (primary N) is 1. The minimum Gasteiger partial charge on any atom is -0.493 e. The van der Waals surface area contributed by atoms with Crippen LogP contribution in [0, 0.1) is 5.92 Å². The number of anilines is 1. The van der Waals surface area contributed by atoms with Gasteiger partial charge in [-0.05, 0) is 50.0 Å². The summed E-state index contributed by atoms with van der Waals surface area (Å²) in [4.78, 5) is 29.4. The van der Waals surface area contributed by atoms with E-state index in [9.17, 15) is 14.7 Å². The van der Waals surface area contributed by atoms with Gasteiger partial charge in [-0.2, -0.15) is 0 Å². The molecule has 1 aliphatic carbocycles. The molecule has 2 amide bonds. The maximum Gasteiger partial charge on any atom is 0.268 e. The van der Waals surface area contributed by atoms with Crippen LogP contribution in [0.5, 0.6) is 5.75 Å². The molecule has 33 heavy (non-hydrogen) atoms. The Kier molecular flexibility index (Phi) is 6.66. The standard InChI is InChI=1S/C25H30ClN3O4/c1-3-28(4-2)11-12-29-20-14-17(23(27)30)13-19(26)22(20)25(32,24(29)31)18-7-5-6-8-21(18)33-15-16-9-10-16/h5-8,13-14,16,32H,3-4,9-12,15H2,1-2H3,(H2,27,30). The minimum atomic E-state index is -2.04. The number of nitrogens with zero attached hydrogens (tertiary/aromatic N) is 2. The van der Waals surface area contributed by atoms with Crippen LogP contribution in [-0.2, 0) is 10.4 Å². The summed E-state index contributed by atoms with van der Waals surface area (Å²) >= 11 is 6.59. The van der Waals surface area contributed by atoms with Crippen molar-refractivity contribution in [3.63, 3.8) is 0 Å². The molecule has 0 saturated heterocycles. The largest absolute Gasteiger partial charge is 0.493 e. The number of carbonyl (C=O) groups is 2. The van der Waals surface area contributed by atoms with Gasteiger partial charge in [0.15, 0.2) is 0 Å². The fraction of sp³-hybridized carbons (Fsp3) is 0.440. The highest BCUT2D eigenvalue weighted by Gasteiger charge is 2.54. The number of carbonyl (C=O) groups excluding carboxylic acids is 2. The van der Waals surface area contributed by atoms with Crippen LogP contribution < -0.4 is 15.4 Å². The molecule has 0 spiro atoms. The lowest BCUT2D eigenvalue weighted by molar-refractivity contribution is -0.132. The van der Waals surface area contributed by atoms with E-state index < -0.39 is 17.4 Å². The summed E-state index contributed by atoms with van der Waals surface area (Å²) in [7, 11) is 0. The number of amides is 2. The van der Waals surface area contributed by atoms with Gasteiger partial charge in [0.2, 0.25) is 11.5 Å². The number of likely N-dealkylation sites (N-methyl/N-ethyl adjacent to an activating group) is 1. The van der Waals surface area contributed by atoms with Crippen molar-refractivity contribution in [3.05, 3.63) is 58.1 Å². The van der Waals surface area contributed by atoms with Crippen LogP contribution in [0.4, 0.5) is 5.69 Å². The second kappa shape index (κ2) is 9.33. The average Bonchev–Trinajstić information content (AvgIpc) is 3.61. The topological polar surface area (TPSA) is 96.1 Å². The van der Waals surface area contributed by atoms with Crippen molar-refractivity contribution in [2.75, 3.05) is 37.7 Å². The molecule has 2 aromatic carbocycles. The highest BCUT2D eigenvalue weighted by Crippen LogP contribution is 2.50. The van der Waals surface area contributed by atoms with Crippen LogP contribution in [-0.4, -0.2) is 54.6 Å². The van der Waals surface area contributed by atoms with Gasteiger partial charge in [0.1, 0.15) is 5.75 Å². The van der Waals surface area contributed by atoms with Crippen LogP contribution >= 0.6 is 11.6 Å². The van der Waals surface area contributed by atoms with Crippen LogP contribution in [0.1, 0.15) is 48.2 Å². The van der Waals surface area contributed by atoms with E-state index in [1.807, 2.05) is 6.07 Å². The predicted molar refractivity (Wildman–Crippen MR) is 128 cm³/mol. The second-order valence-electron chi connectivity index (χ2n) is 8.66. The Morgan fingerprint density at radius 1 is 1.27 bits per heavy atom. The number of aliphatic hydroxyl groups is 1. The smallest absolute Gasteiger partial charge is 0.268 e. The highest BCUT2D eigenvalue weighted by molar-refractivity contribution is 6.34. The number of ether oxygens (including phenoxy) is 1. The van der Waals surface area contributed by atoms with E-state index in [1.54, 1.807) is 18.2 Å². The van der Waals surface area contributed by atoms with E-state index in [0.29, 0.717) is 42.6 Å². The molecule has 1 fully saturated rings. The van der Waals surface area contributed by atoms with E-state index >= 15 is 0 Å². The van der Waals surface area contributed by atoms with Gasteiger partial charge in [-0.3, -0.25) is 9.59 Å². The molecule has 1 unspecified atom stereocenters. The molecular weight excluding hydrogens is 442 g/mol. The molecular formula is C25H30ClN3O4. The van der Waals surface area contributed by atoms with Gasteiger partial charge < -0.3 is 25.4 Å². The molecule has 2 aromatic rings. The summed E-state index contributed by atoms with van der Waals surface area (Å²) in [5.74, 6) is -0.214. The van der Waals surface area contributed by atoms with Gasteiger partial charge >= 0.3 is 0 Å². The van der Waals surface area contributed by atoms with Crippen molar-refractivity contribution in [1.82, 2.24) is 4.90 Å². The van der Waals surface area contributed by atoms with Crippen molar-refractivity contribution in [1.29, 1.82) is 0 Å².